The Labute approximate surface area is 207 Å². The number of piperazine rings is 1. The fourth-order valence-corrected chi connectivity index (χ4v) is 4.19. The highest BCUT2D eigenvalue weighted by Gasteiger charge is 2.38. The molecule has 3 rings (SSSR count). The van der Waals surface area contributed by atoms with Crippen LogP contribution in [-0.4, -0.2) is 54.5 Å². The molecule has 1 fully saturated rings. The molecule has 7 nitrogen and oxygen atoms in total. The molecule has 0 aliphatic carbocycles. The summed E-state index contributed by atoms with van der Waals surface area (Å²) in [6, 6.07) is 16.6. The van der Waals surface area contributed by atoms with Gasteiger partial charge in [-0.05, 0) is 36.0 Å². The van der Waals surface area contributed by atoms with Crippen LogP contribution in [0.25, 0.3) is 0 Å². The van der Waals surface area contributed by atoms with Crippen LogP contribution in [0.1, 0.15) is 57.1 Å². The molecule has 35 heavy (non-hydrogen) atoms. The molecule has 2 aromatic carbocycles. The molecule has 2 amide bonds. The lowest BCUT2D eigenvalue weighted by molar-refractivity contribution is -0.154. The van der Waals surface area contributed by atoms with Crippen LogP contribution < -0.4 is 10.1 Å². The van der Waals surface area contributed by atoms with Crippen molar-refractivity contribution in [3.63, 3.8) is 0 Å². The summed E-state index contributed by atoms with van der Waals surface area (Å²) in [7, 11) is 0. The Morgan fingerprint density at radius 3 is 2.49 bits per heavy atom. The number of carbonyl (C=O) groups excluding carboxylic acids is 3. The molecule has 7 heteroatoms. The second-order valence-electron chi connectivity index (χ2n) is 8.86. The summed E-state index contributed by atoms with van der Waals surface area (Å²) in [4.78, 5) is 40.1. The van der Waals surface area contributed by atoms with E-state index in [1.165, 1.54) is 4.90 Å². The van der Waals surface area contributed by atoms with Crippen molar-refractivity contribution in [3.05, 3.63) is 65.7 Å². The molecule has 2 aromatic rings. The second kappa shape index (κ2) is 12.9. The number of rotatable bonds is 11. The van der Waals surface area contributed by atoms with Gasteiger partial charge in [-0.15, -0.1) is 0 Å². The molecule has 1 saturated heterocycles. The van der Waals surface area contributed by atoms with Crippen LogP contribution >= 0.6 is 0 Å². The molecular formula is C28H36N2O5. The third-order valence-electron chi connectivity index (χ3n) is 6.45. The maximum Gasteiger partial charge on any atom is 0.308 e. The zero-order valence-electron chi connectivity index (χ0n) is 20.9. The Morgan fingerprint density at radius 2 is 1.77 bits per heavy atom. The zero-order valence-corrected chi connectivity index (χ0v) is 20.9. The van der Waals surface area contributed by atoms with E-state index in [0.717, 1.165) is 17.5 Å². The van der Waals surface area contributed by atoms with Crippen LogP contribution in [-0.2, 0) is 25.5 Å². The van der Waals surface area contributed by atoms with E-state index in [4.69, 9.17) is 9.47 Å². The van der Waals surface area contributed by atoms with E-state index in [0.29, 0.717) is 31.7 Å². The number of benzene rings is 2. The third kappa shape index (κ3) is 7.07. The molecule has 0 spiro atoms. The van der Waals surface area contributed by atoms with Gasteiger partial charge in [-0.2, -0.15) is 0 Å². The predicted octanol–water partition coefficient (Wildman–Crippen LogP) is 3.86. The highest BCUT2D eigenvalue weighted by molar-refractivity contribution is 5.93. The fourth-order valence-electron chi connectivity index (χ4n) is 4.19. The molecule has 1 aliphatic heterocycles. The minimum Gasteiger partial charge on any atom is -0.480 e. The van der Waals surface area contributed by atoms with Gasteiger partial charge in [-0.3, -0.25) is 14.4 Å². The summed E-state index contributed by atoms with van der Waals surface area (Å²) in [6.45, 7) is 6.99. The van der Waals surface area contributed by atoms with Gasteiger partial charge in [-0.25, -0.2) is 0 Å². The van der Waals surface area contributed by atoms with Crippen LogP contribution in [0.2, 0.25) is 0 Å². The van der Waals surface area contributed by atoms with E-state index in [1.807, 2.05) is 61.5 Å². The van der Waals surface area contributed by atoms with E-state index in [1.54, 1.807) is 0 Å². The summed E-state index contributed by atoms with van der Waals surface area (Å²) >= 11 is 0. The molecule has 1 heterocycles. The monoisotopic (exact) mass is 480 g/mol. The minimum absolute atomic E-state index is 0.188. The lowest BCUT2D eigenvalue weighted by Gasteiger charge is -2.36. The maximum atomic E-state index is 13.5. The first kappa shape index (κ1) is 26.3. The minimum atomic E-state index is -0.914. The number of amides is 2. The first-order valence-electron chi connectivity index (χ1n) is 12.5. The van der Waals surface area contributed by atoms with Gasteiger partial charge in [0.2, 0.25) is 5.91 Å². The predicted molar refractivity (Wildman–Crippen MR) is 134 cm³/mol. The average Bonchev–Trinajstić information content (AvgIpc) is 2.88. The summed E-state index contributed by atoms with van der Waals surface area (Å²) in [5.41, 5.74) is 2.12. The van der Waals surface area contributed by atoms with Crippen LogP contribution in [0.15, 0.2) is 54.6 Å². The lowest BCUT2D eigenvalue weighted by atomic mass is 9.97. The Bertz CT molecular complexity index is 994. The van der Waals surface area contributed by atoms with E-state index >= 15 is 0 Å². The Hall–Kier alpha value is -3.35. The second-order valence-corrected chi connectivity index (χ2v) is 8.86. The summed E-state index contributed by atoms with van der Waals surface area (Å²) in [5.74, 6) is -0.168. The van der Waals surface area contributed by atoms with Gasteiger partial charge in [0, 0.05) is 19.5 Å². The molecule has 1 aliphatic rings. The quantitative estimate of drug-likeness (QED) is 0.494. The molecule has 3 unspecified atom stereocenters. The van der Waals surface area contributed by atoms with Crippen molar-refractivity contribution in [2.24, 2.45) is 0 Å². The average molecular weight is 481 g/mol. The zero-order chi connectivity index (χ0) is 25.2. The highest BCUT2D eigenvalue weighted by atomic mass is 16.5. The van der Waals surface area contributed by atoms with Crippen LogP contribution in [0.4, 0.5) is 0 Å². The van der Waals surface area contributed by atoms with Gasteiger partial charge in [-0.1, -0.05) is 69.3 Å². The van der Waals surface area contributed by atoms with Gasteiger partial charge in [0.05, 0.1) is 13.0 Å². The van der Waals surface area contributed by atoms with E-state index in [9.17, 15) is 14.4 Å². The van der Waals surface area contributed by atoms with Crippen LogP contribution in [0.5, 0.6) is 5.75 Å². The standard InChI is InChI=1S/C28H36N2O5/c1-4-20(3)22-13-9-10-14-25(22)35-24(5-2)28(33)30-17-16-29-27(32)23(30)19-26(31)34-18-15-21-11-7-6-8-12-21/h6-14,20,23-24H,4-5,15-19H2,1-3H3,(H,29,32). The largest absolute Gasteiger partial charge is 0.480 e. The Kier molecular flexibility index (Phi) is 9.70. The van der Waals surface area contributed by atoms with Gasteiger partial charge >= 0.3 is 5.97 Å². The van der Waals surface area contributed by atoms with Crippen molar-refractivity contribution in [2.75, 3.05) is 19.7 Å². The molecule has 0 aromatic heterocycles. The van der Waals surface area contributed by atoms with Gasteiger partial charge in [0.25, 0.3) is 5.91 Å². The van der Waals surface area contributed by atoms with Gasteiger partial charge in [0.15, 0.2) is 6.10 Å². The Balaban J connectivity index is 1.65. The van der Waals surface area contributed by atoms with Crippen LogP contribution in [0, 0.1) is 0 Å². The lowest BCUT2D eigenvalue weighted by Crippen LogP contribution is -2.60. The van der Waals surface area contributed by atoms with Crippen molar-refractivity contribution in [3.8, 4) is 5.75 Å². The van der Waals surface area contributed by atoms with Crippen molar-refractivity contribution in [1.29, 1.82) is 0 Å². The topological polar surface area (TPSA) is 84.9 Å². The first-order chi connectivity index (χ1) is 16.9. The number of para-hydroxylation sites is 1. The number of hydrogen-bond acceptors (Lipinski definition) is 5. The Morgan fingerprint density at radius 1 is 1.06 bits per heavy atom. The van der Waals surface area contributed by atoms with E-state index in [2.05, 4.69) is 19.2 Å². The third-order valence-corrected chi connectivity index (χ3v) is 6.45. The molecule has 188 valence electrons. The van der Waals surface area contributed by atoms with E-state index < -0.39 is 18.1 Å². The highest BCUT2D eigenvalue weighted by Crippen LogP contribution is 2.30. The molecule has 0 saturated carbocycles. The molecule has 0 radical (unpaired) electrons. The normalized spacial score (nSPS) is 17.3. The molecule has 3 atom stereocenters. The summed E-state index contributed by atoms with van der Waals surface area (Å²) < 4.78 is 11.6. The van der Waals surface area contributed by atoms with Crippen molar-refractivity contribution in [2.45, 2.75) is 64.5 Å². The van der Waals surface area contributed by atoms with Crippen molar-refractivity contribution >= 4 is 17.8 Å². The number of nitrogens with one attached hydrogen (secondary N) is 1. The number of carbonyl (C=O) groups is 3. The first-order valence-corrected chi connectivity index (χ1v) is 12.5. The van der Waals surface area contributed by atoms with Crippen molar-refractivity contribution < 1.29 is 23.9 Å². The van der Waals surface area contributed by atoms with E-state index in [-0.39, 0.29) is 30.8 Å². The number of hydrogen-bond donors (Lipinski definition) is 1. The van der Waals surface area contributed by atoms with Gasteiger partial charge < -0.3 is 19.7 Å². The SMILES string of the molecule is CCC(Oc1ccccc1C(C)CC)C(=O)N1CCNC(=O)C1CC(=O)OCCc1ccccc1. The number of ether oxygens (including phenoxy) is 2. The van der Waals surface area contributed by atoms with Crippen molar-refractivity contribution in [1.82, 2.24) is 10.2 Å². The number of nitrogens with zero attached hydrogens (tertiary/aromatic N) is 1. The fraction of sp³-hybridized carbons (Fsp3) is 0.464. The van der Waals surface area contributed by atoms with Crippen LogP contribution in [0.3, 0.4) is 0 Å². The summed E-state index contributed by atoms with van der Waals surface area (Å²) in [6.07, 6.45) is 1.05. The van der Waals surface area contributed by atoms with Gasteiger partial charge in [0.1, 0.15) is 11.8 Å². The molecule has 0 bridgehead atoms. The molecule has 1 N–H and O–H groups in total. The molecular weight excluding hydrogens is 444 g/mol. The maximum absolute atomic E-state index is 13.5. The number of esters is 1. The summed E-state index contributed by atoms with van der Waals surface area (Å²) in [5, 5.41) is 2.76. The smallest absolute Gasteiger partial charge is 0.308 e.